The van der Waals surface area contributed by atoms with Crippen molar-refractivity contribution >= 4 is 28.8 Å². The summed E-state index contributed by atoms with van der Waals surface area (Å²) in [6, 6.07) is 0. The van der Waals surface area contributed by atoms with E-state index in [1.165, 1.54) is 43.8 Å². The van der Waals surface area contributed by atoms with Crippen LogP contribution in [0.3, 0.4) is 0 Å². The number of unbranched alkanes of at least 4 members (excludes halogenated alkanes) is 6. The Morgan fingerprint density at radius 3 is 2.68 bits per heavy atom. The first-order valence-electron chi connectivity index (χ1n) is 9.87. The van der Waals surface area contributed by atoms with Gasteiger partial charge in [-0.25, -0.2) is 14.6 Å². The van der Waals surface area contributed by atoms with Crippen LogP contribution in [0, 0.1) is 0 Å². The molecule has 0 fully saturated rings. The minimum atomic E-state index is -0.267. The molecule has 0 aliphatic rings. The third-order valence-corrected chi connectivity index (χ3v) is 5.16. The van der Waals surface area contributed by atoms with Gasteiger partial charge in [0.2, 0.25) is 5.88 Å². The number of nitrogens with zero attached hydrogens (tertiary/aromatic N) is 4. The predicted molar refractivity (Wildman–Crippen MR) is 112 cm³/mol. The number of fused-ring (bicyclic) bond motifs is 1. The Balaban J connectivity index is 1.84. The molecule has 0 bridgehead atoms. The molecule has 0 amide bonds. The smallest absolute Gasteiger partial charge is 0.316 e. The fraction of sp³-hybridized carbons (Fsp3) is 0.600. The van der Waals surface area contributed by atoms with E-state index in [1.807, 2.05) is 13.1 Å². The fourth-order valence-corrected chi connectivity index (χ4v) is 3.56. The number of hydrogen-bond acceptors (Lipinski definition) is 7. The quantitative estimate of drug-likeness (QED) is 0.152. The molecule has 0 spiro atoms. The van der Waals surface area contributed by atoms with Gasteiger partial charge < -0.3 is 9.47 Å². The summed E-state index contributed by atoms with van der Waals surface area (Å²) in [7, 11) is 1.83. The first-order chi connectivity index (χ1) is 13.7. The van der Waals surface area contributed by atoms with Gasteiger partial charge in [-0.3, -0.25) is 4.79 Å². The van der Waals surface area contributed by atoms with Crippen molar-refractivity contribution in [2.75, 3.05) is 19.0 Å². The zero-order chi connectivity index (χ0) is 20.2. The molecule has 0 atom stereocenters. The zero-order valence-corrected chi connectivity index (χ0v) is 17.7. The van der Waals surface area contributed by atoms with E-state index in [-0.39, 0.29) is 11.7 Å². The van der Waals surface area contributed by atoms with Crippen molar-refractivity contribution in [2.45, 2.75) is 56.9 Å². The lowest BCUT2D eigenvalue weighted by atomic mass is 10.1. The van der Waals surface area contributed by atoms with Crippen LogP contribution in [0.2, 0.25) is 0 Å². The standard InChI is InChI=1S/C20H30N4O3S/c1-4-6-7-8-9-10-11-12-13-27-20-18-17(23-24(20)3)19(22-15-21-18)28-14-16(25)26-5-2/h4,15H,1,5-14H2,2-3H3. The van der Waals surface area contributed by atoms with E-state index < -0.39 is 0 Å². The molecule has 0 aliphatic carbocycles. The molecule has 2 aromatic heterocycles. The van der Waals surface area contributed by atoms with Gasteiger partial charge in [-0.15, -0.1) is 6.58 Å². The van der Waals surface area contributed by atoms with Gasteiger partial charge in [-0.1, -0.05) is 43.5 Å². The van der Waals surface area contributed by atoms with Crippen LogP contribution >= 0.6 is 11.8 Å². The third-order valence-electron chi connectivity index (χ3n) is 4.21. The number of hydrogen-bond donors (Lipinski definition) is 0. The maximum atomic E-state index is 11.6. The average molecular weight is 407 g/mol. The molecule has 0 N–H and O–H groups in total. The molecule has 2 heterocycles. The number of esters is 1. The van der Waals surface area contributed by atoms with Crippen molar-refractivity contribution in [1.82, 2.24) is 19.7 Å². The van der Waals surface area contributed by atoms with E-state index in [4.69, 9.17) is 9.47 Å². The minimum Gasteiger partial charge on any atom is -0.476 e. The Morgan fingerprint density at radius 2 is 1.93 bits per heavy atom. The monoisotopic (exact) mass is 406 g/mol. The second kappa shape index (κ2) is 12.4. The van der Waals surface area contributed by atoms with E-state index in [0.29, 0.717) is 35.2 Å². The van der Waals surface area contributed by atoms with Crippen LogP contribution in [-0.2, 0) is 16.6 Å². The van der Waals surface area contributed by atoms with E-state index in [2.05, 4.69) is 21.6 Å². The number of rotatable bonds is 14. The van der Waals surface area contributed by atoms with Crippen molar-refractivity contribution < 1.29 is 14.3 Å². The molecule has 8 heteroatoms. The highest BCUT2D eigenvalue weighted by Crippen LogP contribution is 2.29. The summed E-state index contributed by atoms with van der Waals surface area (Å²) >= 11 is 1.30. The molecule has 0 saturated heterocycles. The first kappa shape index (κ1) is 22.2. The third kappa shape index (κ3) is 6.82. The Morgan fingerprint density at radius 1 is 1.18 bits per heavy atom. The number of ether oxygens (including phenoxy) is 2. The summed E-state index contributed by atoms with van der Waals surface area (Å²) in [5.74, 6) is 0.567. The summed E-state index contributed by atoms with van der Waals surface area (Å²) in [6.07, 6.45) is 11.7. The van der Waals surface area contributed by atoms with Crippen LogP contribution in [0.25, 0.3) is 11.0 Å². The topological polar surface area (TPSA) is 79.1 Å². The zero-order valence-electron chi connectivity index (χ0n) is 16.9. The summed E-state index contributed by atoms with van der Waals surface area (Å²) in [5.41, 5.74) is 1.32. The molecule has 2 rings (SSSR count). The lowest BCUT2D eigenvalue weighted by Crippen LogP contribution is -2.06. The van der Waals surface area contributed by atoms with Gasteiger partial charge >= 0.3 is 5.97 Å². The number of carbonyl (C=O) groups is 1. The first-order valence-corrected chi connectivity index (χ1v) is 10.9. The van der Waals surface area contributed by atoms with Gasteiger partial charge in [0.1, 0.15) is 16.9 Å². The van der Waals surface area contributed by atoms with Crippen LogP contribution < -0.4 is 4.74 Å². The molecule has 0 radical (unpaired) electrons. The number of thioether (sulfide) groups is 1. The van der Waals surface area contributed by atoms with Crippen LogP contribution in [-0.4, -0.2) is 44.7 Å². The Hall–Kier alpha value is -2.09. The molecule has 0 saturated carbocycles. The molecular weight excluding hydrogens is 376 g/mol. The van der Waals surface area contributed by atoms with Gasteiger partial charge in [0.25, 0.3) is 0 Å². The van der Waals surface area contributed by atoms with Crippen LogP contribution in [0.15, 0.2) is 24.0 Å². The average Bonchev–Trinajstić information content (AvgIpc) is 3.01. The van der Waals surface area contributed by atoms with Crippen molar-refractivity contribution in [2.24, 2.45) is 7.05 Å². The van der Waals surface area contributed by atoms with Gasteiger partial charge in [0, 0.05) is 7.05 Å². The highest BCUT2D eigenvalue weighted by Gasteiger charge is 2.17. The number of carbonyl (C=O) groups excluding carboxylic acids is 1. The SMILES string of the molecule is C=CCCCCCCCCOc1c2ncnc(SCC(=O)OCC)c2nn1C. The van der Waals surface area contributed by atoms with Crippen molar-refractivity contribution in [3.05, 3.63) is 19.0 Å². The maximum absolute atomic E-state index is 11.6. The summed E-state index contributed by atoms with van der Waals surface area (Å²) < 4.78 is 12.6. The minimum absolute atomic E-state index is 0.194. The largest absolute Gasteiger partial charge is 0.476 e. The highest BCUT2D eigenvalue weighted by molar-refractivity contribution is 8.00. The second-order valence-electron chi connectivity index (χ2n) is 6.45. The van der Waals surface area contributed by atoms with Gasteiger partial charge in [-0.2, -0.15) is 5.10 Å². The molecule has 2 aromatic rings. The number of allylic oxidation sites excluding steroid dienone is 1. The van der Waals surface area contributed by atoms with Crippen molar-refractivity contribution in [3.63, 3.8) is 0 Å². The highest BCUT2D eigenvalue weighted by atomic mass is 32.2. The summed E-state index contributed by atoms with van der Waals surface area (Å²) in [4.78, 5) is 20.2. The molecule has 154 valence electrons. The molecule has 0 aliphatic heterocycles. The lowest BCUT2D eigenvalue weighted by molar-refractivity contribution is -0.139. The second-order valence-corrected chi connectivity index (χ2v) is 7.41. The number of aromatic nitrogens is 4. The van der Waals surface area contributed by atoms with Crippen LogP contribution in [0.5, 0.6) is 5.88 Å². The Kier molecular flexibility index (Phi) is 9.82. The van der Waals surface area contributed by atoms with Gasteiger partial charge in [0.05, 0.1) is 19.0 Å². The summed E-state index contributed by atoms with van der Waals surface area (Å²) in [6.45, 7) is 6.54. The van der Waals surface area contributed by atoms with Gasteiger partial charge in [0.15, 0.2) is 5.52 Å². The Labute approximate surface area is 170 Å². The van der Waals surface area contributed by atoms with Crippen LogP contribution in [0.4, 0.5) is 0 Å². The van der Waals surface area contributed by atoms with Gasteiger partial charge in [-0.05, 0) is 26.2 Å². The van der Waals surface area contributed by atoms with E-state index in [9.17, 15) is 4.79 Å². The van der Waals surface area contributed by atoms with Crippen LogP contribution in [0.1, 0.15) is 51.9 Å². The van der Waals surface area contributed by atoms with E-state index in [0.717, 1.165) is 19.3 Å². The van der Waals surface area contributed by atoms with Crippen molar-refractivity contribution in [3.8, 4) is 5.88 Å². The molecule has 0 aromatic carbocycles. The van der Waals surface area contributed by atoms with E-state index in [1.54, 1.807) is 11.6 Å². The molecule has 7 nitrogen and oxygen atoms in total. The predicted octanol–water partition coefficient (Wildman–Crippen LogP) is 4.31. The molecule has 28 heavy (non-hydrogen) atoms. The van der Waals surface area contributed by atoms with E-state index >= 15 is 0 Å². The molecule has 0 unspecified atom stereocenters. The Bertz CT molecular complexity index is 763. The van der Waals surface area contributed by atoms with Crippen molar-refractivity contribution in [1.29, 1.82) is 0 Å². The number of aryl methyl sites for hydroxylation is 1. The lowest BCUT2D eigenvalue weighted by Gasteiger charge is -2.06. The maximum Gasteiger partial charge on any atom is 0.316 e. The summed E-state index contributed by atoms with van der Waals surface area (Å²) in [5, 5.41) is 5.14. The fourth-order valence-electron chi connectivity index (χ4n) is 2.82. The normalized spacial score (nSPS) is 10.9. The molecular formula is C20H30N4O3S.